The van der Waals surface area contributed by atoms with Gasteiger partial charge in [-0.3, -0.25) is 0 Å². The molecule has 2 aliphatic heterocycles. The van der Waals surface area contributed by atoms with Crippen LogP contribution in [-0.4, -0.2) is 77.9 Å². The van der Waals surface area contributed by atoms with E-state index in [0.29, 0.717) is 36.9 Å². The SMILES string of the molecule is COc1ccc(CN(Cc2ccc(OC)cc2)c2ncc(F)cc2[C@@H](C)N2c3nc(OC[C@@H]4CCCN4C)nc4c(F)c(Cl)nc(c34)OC[C@@H]2C)cc1. The molecule has 11 nitrogen and oxygen atoms in total. The van der Waals surface area contributed by atoms with Crippen LogP contribution in [-0.2, 0) is 13.1 Å². The van der Waals surface area contributed by atoms with Gasteiger partial charge < -0.3 is 33.6 Å². The molecule has 1 fully saturated rings. The van der Waals surface area contributed by atoms with Gasteiger partial charge in [0.2, 0.25) is 5.88 Å². The van der Waals surface area contributed by atoms with E-state index in [2.05, 4.69) is 19.8 Å². The van der Waals surface area contributed by atoms with E-state index in [1.165, 1.54) is 12.3 Å². The average molecular weight is 746 g/mol. The van der Waals surface area contributed by atoms with Gasteiger partial charge in [0.25, 0.3) is 0 Å². The summed E-state index contributed by atoms with van der Waals surface area (Å²) >= 11 is 6.27. The van der Waals surface area contributed by atoms with E-state index >= 15 is 8.78 Å². The molecule has 5 heterocycles. The van der Waals surface area contributed by atoms with Gasteiger partial charge in [0, 0.05) is 24.7 Å². The van der Waals surface area contributed by atoms with Gasteiger partial charge in [0.15, 0.2) is 11.0 Å². The van der Waals surface area contributed by atoms with Crippen molar-refractivity contribution >= 4 is 34.1 Å². The van der Waals surface area contributed by atoms with Crippen molar-refractivity contribution in [2.24, 2.45) is 0 Å². The maximum atomic E-state index is 15.8. The van der Waals surface area contributed by atoms with Crippen molar-refractivity contribution in [1.82, 2.24) is 24.8 Å². The highest BCUT2D eigenvalue weighted by atomic mass is 35.5. The fraction of sp³-hybridized carbons (Fsp3) is 0.385. The largest absolute Gasteiger partial charge is 0.497 e. The molecule has 0 saturated carbocycles. The Balaban J connectivity index is 1.33. The van der Waals surface area contributed by atoms with Crippen molar-refractivity contribution in [2.75, 3.05) is 50.8 Å². The first-order valence-electron chi connectivity index (χ1n) is 17.6. The van der Waals surface area contributed by atoms with Crippen LogP contribution in [0.2, 0.25) is 5.15 Å². The van der Waals surface area contributed by atoms with Crippen LogP contribution < -0.4 is 28.7 Å². The van der Waals surface area contributed by atoms with Crippen molar-refractivity contribution in [3.8, 4) is 23.4 Å². The number of halogens is 3. The molecular formula is C39H42ClF2N7O4. The van der Waals surface area contributed by atoms with Crippen LogP contribution in [0.5, 0.6) is 23.4 Å². The molecular weight excluding hydrogens is 704 g/mol. The van der Waals surface area contributed by atoms with E-state index in [0.717, 1.165) is 42.0 Å². The van der Waals surface area contributed by atoms with E-state index in [4.69, 9.17) is 40.5 Å². The van der Waals surface area contributed by atoms with Crippen molar-refractivity contribution in [3.05, 3.63) is 94.3 Å². The van der Waals surface area contributed by atoms with Crippen molar-refractivity contribution in [2.45, 2.75) is 57.9 Å². The minimum absolute atomic E-state index is 0.00412. The molecule has 0 unspecified atom stereocenters. The second kappa shape index (κ2) is 15.5. The summed E-state index contributed by atoms with van der Waals surface area (Å²) in [5.41, 5.74) is 2.52. The summed E-state index contributed by atoms with van der Waals surface area (Å²) in [5.74, 6) is 1.19. The summed E-state index contributed by atoms with van der Waals surface area (Å²) in [6.45, 7) is 6.27. The van der Waals surface area contributed by atoms with Gasteiger partial charge in [-0.2, -0.15) is 15.0 Å². The maximum absolute atomic E-state index is 15.8. The summed E-state index contributed by atoms with van der Waals surface area (Å²) < 4.78 is 54.3. The molecule has 14 heteroatoms. The third kappa shape index (κ3) is 7.58. The first-order valence-corrected chi connectivity index (χ1v) is 18.0. The Morgan fingerprint density at radius 3 is 2.25 bits per heavy atom. The molecule has 0 aliphatic carbocycles. The number of anilines is 2. The monoisotopic (exact) mass is 745 g/mol. The summed E-state index contributed by atoms with van der Waals surface area (Å²) in [6, 6.07) is 16.4. The highest BCUT2D eigenvalue weighted by molar-refractivity contribution is 6.30. The van der Waals surface area contributed by atoms with Crippen molar-refractivity contribution in [3.63, 3.8) is 0 Å². The Kier molecular flexibility index (Phi) is 10.7. The van der Waals surface area contributed by atoms with E-state index in [1.54, 1.807) is 14.2 Å². The van der Waals surface area contributed by atoms with E-state index in [-0.39, 0.29) is 46.6 Å². The van der Waals surface area contributed by atoms with Crippen LogP contribution in [0.1, 0.15) is 49.4 Å². The number of ether oxygens (including phenoxy) is 4. The maximum Gasteiger partial charge on any atom is 0.319 e. The van der Waals surface area contributed by atoms with Gasteiger partial charge >= 0.3 is 6.01 Å². The zero-order chi connectivity index (χ0) is 37.2. The number of rotatable bonds is 12. The van der Waals surface area contributed by atoms with Crippen LogP contribution in [0, 0.1) is 11.6 Å². The molecule has 0 amide bonds. The van der Waals surface area contributed by atoms with E-state index in [9.17, 15) is 0 Å². The smallest absolute Gasteiger partial charge is 0.319 e. The number of hydrogen-bond acceptors (Lipinski definition) is 11. The minimum atomic E-state index is -0.805. The van der Waals surface area contributed by atoms with E-state index < -0.39 is 17.7 Å². The van der Waals surface area contributed by atoms with E-state index in [1.807, 2.05) is 74.3 Å². The fourth-order valence-electron chi connectivity index (χ4n) is 7.12. The molecule has 2 aromatic carbocycles. The van der Waals surface area contributed by atoms with Crippen molar-refractivity contribution in [1.29, 1.82) is 0 Å². The van der Waals surface area contributed by atoms with Gasteiger partial charge in [-0.05, 0) is 81.7 Å². The van der Waals surface area contributed by atoms with Crippen LogP contribution in [0.3, 0.4) is 0 Å². The number of pyridine rings is 2. The Labute approximate surface area is 312 Å². The molecule has 278 valence electrons. The topological polar surface area (TPSA) is 98.2 Å². The third-order valence-electron chi connectivity index (χ3n) is 10.0. The molecule has 0 N–H and O–H groups in total. The standard InChI is InChI=1S/C39H42ClF2N7O4/c1-23-21-52-38-32-34(33(42)35(40)45-38)44-39(53-22-28-7-6-16-47(28)3)46-37(32)49(23)24(2)31-17-27(41)18-43-36(31)48(19-25-8-12-29(50-4)13-9-25)20-26-10-14-30(51-5)15-11-26/h8-15,17-18,23-24,28H,6-7,16,19-22H2,1-5H3/t23-,24+,28-/m0/s1. The quantitative estimate of drug-likeness (QED) is 0.120. The first-order chi connectivity index (χ1) is 25.6. The van der Waals surface area contributed by atoms with Gasteiger partial charge in [0.05, 0.1) is 32.5 Å². The zero-order valence-electron chi connectivity index (χ0n) is 30.4. The van der Waals surface area contributed by atoms with Gasteiger partial charge in [-0.15, -0.1) is 0 Å². The lowest BCUT2D eigenvalue weighted by Crippen LogP contribution is -2.40. The second-order valence-electron chi connectivity index (χ2n) is 13.5. The Morgan fingerprint density at radius 2 is 1.64 bits per heavy atom. The summed E-state index contributed by atoms with van der Waals surface area (Å²) in [5, 5.41) is -0.107. The minimum Gasteiger partial charge on any atom is -0.497 e. The Bertz CT molecular complexity index is 2030. The molecule has 0 spiro atoms. The molecule has 5 aromatic rings. The van der Waals surface area contributed by atoms with Gasteiger partial charge in [-0.25, -0.2) is 13.8 Å². The predicted molar refractivity (Wildman–Crippen MR) is 199 cm³/mol. The molecule has 7 rings (SSSR count). The van der Waals surface area contributed by atoms with Crippen LogP contribution in [0.15, 0.2) is 60.8 Å². The van der Waals surface area contributed by atoms with Gasteiger partial charge in [0.1, 0.15) is 53.1 Å². The summed E-state index contributed by atoms with van der Waals surface area (Å²) in [4.78, 5) is 24.6. The number of aromatic nitrogens is 4. The molecule has 53 heavy (non-hydrogen) atoms. The summed E-state index contributed by atoms with van der Waals surface area (Å²) in [7, 11) is 5.30. The Morgan fingerprint density at radius 1 is 0.981 bits per heavy atom. The first kappa shape index (κ1) is 36.4. The molecule has 0 radical (unpaired) electrons. The molecule has 3 atom stereocenters. The highest BCUT2D eigenvalue weighted by Gasteiger charge is 2.35. The highest BCUT2D eigenvalue weighted by Crippen LogP contribution is 2.43. The van der Waals surface area contributed by atoms with Crippen LogP contribution in [0.25, 0.3) is 10.9 Å². The number of hydrogen-bond donors (Lipinski definition) is 0. The fourth-order valence-corrected chi connectivity index (χ4v) is 7.29. The lowest BCUT2D eigenvalue weighted by molar-refractivity contribution is 0.188. The molecule has 3 aromatic heterocycles. The van der Waals surface area contributed by atoms with Crippen LogP contribution >= 0.6 is 11.6 Å². The molecule has 2 aliphatic rings. The lowest BCUT2D eigenvalue weighted by Gasteiger charge is -2.37. The summed E-state index contributed by atoms with van der Waals surface area (Å²) in [6.07, 6.45) is 3.25. The number of likely N-dealkylation sites (N-methyl/N-ethyl adjacent to an activating group) is 1. The third-order valence-corrected chi connectivity index (χ3v) is 10.3. The normalized spacial score (nSPS) is 17.7. The van der Waals surface area contributed by atoms with Crippen LogP contribution in [0.4, 0.5) is 20.4 Å². The number of likely N-dealkylation sites (tertiary alicyclic amines) is 1. The number of methoxy groups -OCH3 is 2. The molecule has 1 saturated heterocycles. The second-order valence-corrected chi connectivity index (χ2v) is 13.9. The average Bonchev–Trinajstić information content (AvgIpc) is 3.53. The van der Waals surface area contributed by atoms with Gasteiger partial charge in [-0.1, -0.05) is 35.9 Å². The zero-order valence-corrected chi connectivity index (χ0v) is 31.1. The Hall–Kier alpha value is -5.01. The number of nitrogens with zero attached hydrogens (tertiary/aromatic N) is 7. The molecule has 0 bridgehead atoms. The predicted octanol–water partition coefficient (Wildman–Crippen LogP) is 7.40. The van der Waals surface area contributed by atoms with Crippen molar-refractivity contribution < 1.29 is 27.7 Å². The number of benzene rings is 2. The lowest BCUT2D eigenvalue weighted by atomic mass is 10.0.